The van der Waals surface area contributed by atoms with Gasteiger partial charge >= 0.3 is 0 Å². The van der Waals surface area contributed by atoms with Gasteiger partial charge in [0.15, 0.2) is 0 Å². The van der Waals surface area contributed by atoms with E-state index in [1.165, 1.54) is 25.3 Å². The zero-order valence-corrected chi connectivity index (χ0v) is 19.3. The minimum absolute atomic E-state index is 0.000158. The van der Waals surface area contributed by atoms with Crippen LogP contribution in [0.4, 0.5) is 22.7 Å². The largest absolute Gasteiger partial charge is 0.496 e. The Bertz CT molecular complexity index is 1010. The number of hydrogen-bond donors (Lipinski definition) is 2. The number of likely N-dealkylation sites (N-methyl/N-ethyl adjacent to an activating group) is 1. The van der Waals surface area contributed by atoms with E-state index in [9.17, 15) is 19.7 Å². The van der Waals surface area contributed by atoms with Gasteiger partial charge in [-0.15, -0.1) is 0 Å². The highest BCUT2D eigenvalue weighted by Gasteiger charge is 2.19. The van der Waals surface area contributed by atoms with E-state index in [2.05, 4.69) is 15.5 Å². The lowest BCUT2D eigenvalue weighted by molar-refractivity contribution is -0.384. The van der Waals surface area contributed by atoms with Crippen LogP contribution in [0.2, 0.25) is 0 Å². The smallest absolute Gasteiger partial charge is 0.296 e. The predicted molar refractivity (Wildman–Crippen MR) is 128 cm³/mol. The van der Waals surface area contributed by atoms with Crippen LogP contribution in [-0.4, -0.2) is 74.7 Å². The summed E-state index contributed by atoms with van der Waals surface area (Å²) < 4.78 is 10.4. The number of benzene rings is 2. The molecule has 182 valence electrons. The molecule has 0 bridgehead atoms. The van der Waals surface area contributed by atoms with Crippen molar-refractivity contribution < 1.29 is 24.0 Å². The summed E-state index contributed by atoms with van der Waals surface area (Å²) in [7, 11) is 1.40. The fourth-order valence-corrected chi connectivity index (χ4v) is 3.55. The fourth-order valence-electron chi connectivity index (χ4n) is 3.55. The average molecular weight is 472 g/mol. The minimum atomic E-state index is -0.590. The van der Waals surface area contributed by atoms with Gasteiger partial charge in [0, 0.05) is 24.5 Å². The van der Waals surface area contributed by atoms with Crippen molar-refractivity contribution in [3.05, 3.63) is 52.6 Å². The van der Waals surface area contributed by atoms with Gasteiger partial charge in [-0.05, 0) is 42.9 Å². The Morgan fingerprint density at radius 2 is 1.74 bits per heavy atom. The monoisotopic (exact) mass is 471 g/mol. The first-order valence-electron chi connectivity index (χ1n) is 11.0. The molecule has 0 atom stereocenters. The molecule has 0 unspecified atom stereocenters. The highest BCUT2D eigenvalue weighted by atomic mass is 16.6. The fraction of sp³-hybridized carbons (Fsp3) is 0.391. The van der Waals surface area contributed by atoms with Gasteiger partial charge < -0.3 is 25.0 Å². The van der Waals surface area contributed by atoms with Gasteiger partial charge in [-0.1, -0.05) is 6.92 Å². The van der Waals surface area contributed by atoms with Crippen LogP contribution < -0.4 is 20.3 Å². The highest BCUT2D eigenvalue weighted by molar-refractivity contribution is 5.96. The third-order valence-corrected chi connectivity index (χ3v) is 5.38. The molecule has 0 saturated carbocycles. The molecule has 0 spiro atoms. The van der Waals surface area contributed by atoms with Crippen molar-refractivity contribution in [3.8, 4) is 5.75 Å². The van der Waals surface area contributed by atoms with E-state index in [1.807, 2.05) is 31.2 Å². The number of ether oxygens (including phenoxy) is 2. The number of carbonyl (C=O) groups is 2. The molecule has 1 fully saturated rings. The Kier molecular flexibility index (Phi) is 8.77. The van der Waals surface area contributed by atoms with Crippen LogP contribution in [0.1, 0.15) is 6.92 Å². The Morgan fingerprint density at radius 1 is 1.09 bits per heavy atom. The molecular weight excluding hydrogens is 442 g/mol. The van der Waals surface area contributed by atoms with E-state index in [1.54, 1.807) is 4.90 Å². The Labute approximate surface area is 197 Å². The van der Waals surface area contributed by atoms with Gasteiger partial charge in [0.1, 0.15) is 11.4 Å². The first kappa shape index (κ1) is 24.9. The number of amides is 2. The first-order valence-corrected chi connectivity index (χ1v) is 11.0. The molecule has 1 aliphatic rings. The third kappa shape index (κ3) is 6.90. The summed E-state index contributed by atoms with van der Waals surface area (Å²) in [5.74, 6) is -0.406. The SMILES string of the molecule is CCN(CC(=O)Nc1ccc(N2CCOCC2)cc1)CC(=O)Nc1ccc(OC)cc1[N+](=O)[O-]. The lowest BCUT2D eigenvalue weighted by Gasteiger charge is -2.29. The zero-order valence-electron chi connectivity index (χ0n) is 19.3. The maximum absolute atomic E-state index is 12.5. The van der Waals surface area contributed by atoms with Gasteiger partial charge in [0.25, 0.3) is 5.69 Å². The Morgan fingerprint density at radius 3 is 2.32 bits per heavy atom. The summed E-state index contributed by atoms with van der Waals surface area (Å²) in [5, 5.41) is 16.7. The molecule has 1 heterocycles. The Balaban J connectivity index is 1.53. The van der Waals surface area contributed by atoms with Crippen molar-refractivity contribution in [2.24, 2.45) is 0 Å². The molecule has 1 saturated heterocycles. The summed E-state index contributed by atoms with van der Waals surface area (Å²) >= 11 is 0. The number of anilines is 3. The highest BCUT2D eigenvalue weighted by Crippen LogP contribution is 2.29. The lowest BCUT2D eigenvalue weighted by atomic mass is 10.2. The molecule has 0 radical (unpaired) electrons. The van der Waals surface area contributed by atoms with Crippen molar-refractivity contribution in [2.75, 3.05) is 68.6 Å². The zero-order chi connectivity index (χ0) is 24.5. The van der Waals surface area contributed by atoms with E-state index in [-0.39, 0.29) is 30.4 Å². The van der Waals surface area contributed by atoms with Crippen LogP contribution >= 0.6 is 0 Å². The molecule has 0 aliphatic carbocycles. The van der Waals surface area contributed by atoms with E-state index in [0.717, 1.165) is 18.8 Å². The van der Waals surface area contributed by atoms with Crippen LogP contribution in [-0.2, 0) is 14.3 Å². The summed E-state index contributed by atoms with van der Waals surface area (Å²) in [5.41, 5.74) is 1.53. The van der Waals surface area contributed by atoms with E-state index in [4.69, 9.17) is 9.47 Å². The van der Waals surface area contributed by atoms with Gasteiger partial charge in [-0.2, -0.15) is 0 Å². The molecule has 11 heteroatoms. The second kappa shape index (κ2) is 12.0. The number of methoxy groups -OCH3 is 1. The van der Waals surface area contributed by atoms with Gasteiger partial charge in [-0.25, -0.2) is 0 Å². The number of rotatable bonds is 10. The van der Waals surface area contributed by atoms with Crippen LogP contribution in [0.3, 0.4) is 0 Å². The topological polar surface area (TPSA) is 126 Å². The average Bonchev–Trinajstić information content (AvgIpc) is 2.84. The van der Waals surface area contributed by atoms with Crippen LogP contribution in [0, 0.1) is 10.1 Å². The summed E-state index contributed by atoms with van der Waals surface area (Å²) in [6.45, 7) is 5.24. The lowest BCUT2D eigenvalue weighted by Crippen LogP contribution is -2.38. The van der Waals surface area contributed by atoms with Crippen molar-refractivity contribution in [3.63, 3.8) is 0 Å². The molecule has 11 nitrogen and oxygen atoms in total. The molecule has 34 heavy (non-hydrogen) atoms. The second-order valence-electron chi connectivity index (χ2n) is 7.69. The summed E-state index contributed by atoms with van der Waals surface area (Å²) in [6.07, 6.45) is 0. The number of nitrogens with one attached hydrogen (secondary N) is 2. The maximum atomic E-state index is 12.5. The summed E-state index contributed by atoms with van der Waals surface area (Å²) in [6, 6.07) is 11.8. The number of nitro groups is 1. The van der Waals surface area contributed by atoms with Crippen molar-refractivity contribution in [1.29, 1.82) is 0 Å². The van der Waals surface area contributed by atoms with Crippen LogP contribution in [0.25, 0.3) is 0 Å². The second-order valence-corrected chi connectivity index (χ2v) is 7.69. The molecule has 0 aromatic heterocycles. The molecule has 2 amide bonds. The molecular formula is C23H29N5O6. The Hall–Kier alpha value is -3.70. The standard InChI is InChI=1S/C23H29N5O6/c1-3-26(16-23(30)25-20-9-8-19(33-2)14-21(20)28(31)32)15-22(29)24-17-4-6-18(7-5-17)27-10-12-34-13-11-27/h4-9,14H,3,10-13,15-16H2,1-2H3,(H,24,29)(H,25,30). The molecule has 1 aliphatic heterocycles. The van der Waals surface area contributed by atoms with E-state index in [0.29, 0.717) is 31.2 Å². The number of carbonyl (C=O) groups excluding carboxylic acids is 2. The molecule has 3 rings (SSSR count). The van der Waals surface area contributed by atoms with E-state index < -0.39 is 10.8 Å². The number of hydrogen-bond acceptors (Lipinski definition) is 8. The van der Waals surface area contributed by atoms with E-state index >= 15 is 0 Å². The van der Waals surface area contributed by atoms with Crippen molar-refractivity contribution in [2.45, 2.75) is 6.92 Å². The number of nitro benzene ring substituents is 1. The molecule has 2 aromatic rings. The predicted octanol–water partition coefficient (Wildman–Crippen LogP) is 2.34. The number of morpholine rings is 1. The number of nitrogens with zero attached hydrogens (tertiary/aromatic N) is 3. The van der Waals surface area contributed by atoms with Gasteiger partial charge in [-0.3, -0.25) is 24.6 Å². The van der Waals surface area contributed by atoms with Crippen LogP contribution in [0.15, 0.2) is 42.5 Å². The molecule has 2 N–H and O–H groups in total. The van der Waals surface area contributed by atoms with Crippen molar-refractivity contribution >= 4 is 34.6 Å². The van der Waals surface area contributed by atoms with Crippen LogP contribution in [0.5, 0.6) is 5.75 Å². The van der Waals surface area contributed by atoms with Gasteiger partial charge in [0.2, 0.25) is 11.8 Å². The minimum Gasteiger partial charge on any atom is -0.496 e. The van der Waals surface area contributed by atoms with Gasteiger partial charge in [0.05, 0.1) is 44.4 Å². The third-order valence-electron chi connectivity index (χ3n) is 5.38. The molecule has 2 aromatic carbocycles. The van der Waals surface area contributed by atoms with Crippen molar-refractivity contribution in [1.82, 2.24) is 4.90 Å². The maximum Gasteiger partial charge on any atom is 0.296 e. The normalized spacial score (nSPS) is 13.4. The quantitative estimate of drug-likeness (QED) is 0.399. The first-order chi connectivity index (χ1) is 16.4. The summed E-state index contributed by atoms with van der Waals surface area (Å²) in [4.78, 5) is 39.6.